The van der Waals surface area contributed by atoms with Crippen LogP contribution in [0, 0.1) is 11.7 Å². The van der Waals surface area contributed by atoms with Crippen LogP contribution in [-0.4, -0.2) is 11.5 Å². The van der Waals surface area contributed by atoms with Gasteiger partial charge in [0.15, 0.2) is 0 Å². The van der Waals surface area contributed by atoms with E-state index >= 15 is 0 Å². The summed E-state index contributed by atoms with van der Waals surface area (Å²) in [5, 5.41) is 6.42. The van der Waals surface area contributed by atoms with Crippen LogP contribution in [0.5, 0.6) is 0 Å². The van der Waals surface area contributed by atoms with Crippen LogP contribution in [0.25, 0.3) is 11.3 Å². The van der Waals surface area contributed by atoms with Gasteiger partial charge in [0.2, 0.25) is 0 Å². The molecule has 0 bridgehead atoms. The second kappa shape index (κ2) is 6.59. The Kier molecular flexibility index (Phi) is 5.07. The first-order valence-electron chi connectivity index (χ1n) is 6.17. The fraction of sp³-hybridized carbons (Fsp3) is 0.357. The predicted octanol–water partition coefficient (Wildman–Crippen LogP) is 4.46. The zero-order valence-corrected chi connectivity index (χ0v) is 13.3. The summed E-state index contributed by atoms with van der Waals surface area (Å²) in [5.41, 5.74) is 1.81. The molecular formula is C14H16BrFN2S. The Balaban J connectivity index is 2.08. The summed E-state index contributed by atoms with van der Waals surface area (Å²) in [7, 11) is 0. The van der Waals surface area contributed by atoms with Crippen molar-refractivity contribution in [1.82, 2.24) is 10.3 Å². The molecule has 1 aromatic heterocycles. The van der Waals surface area contributed by atoms with Crippen LogP contribution in [0.4, 0.5) is 4.39 Å². The fourth-order valence-electron chi connectivity index (χ4n) is 1.68. The Bertz CT molecular complexity index is 554. The highest BCUT2D eigenvalue weighted by Gasteiger charge is 2.08. The number of thiazole rings is 1. The molecule has 2 aromatic rings. The highest BCUT2D eigenvalue weighted by atomic mass is 79.9. The van der Waals surface area contributed by atoms with Gasteiger partial charge in [-0.25, -0.2) is 9.37 Å². The Hall–Kier alpha value is -0.780. The van der Waals surface area contributed by atoms with E-state index in [0.717, 1.165) is 33.8 Å². The van der Waals surface area contributed by atoms with Crippen LogP contribution in [0.3, 0.4) is 0 Å². The molecule has 1 aromatic carbocycles. The molecule has 2 nitrogen and oxygen atoms in total. The Morgan fingerprint density at radius 3 is 2.89 bits per heavy atom. The third-order valence-electron chi connectivity index (χ3n) is 2.59. The summed E-state index contributed by atoms with van der Waals surface area (Å²) in [6, 6.07) is 4.67. The molecule has 5 heteroatoms. The van der Waals surface area contributed by atoms with Gasteiger partial charge in [0, 0.05) is 22.0 Å². The number of aromatic nitrogens is 1. The number of rotatable bonds is 5. The first kappa shape index (κ1) is 14.6. The van der Waals surface area contributed by atoms with Crippen LogP contribution in [-0.2, 0) is 6.54 Å². The van der Waals surface area contributed by atoms with Crippen molar-refractivity contribution in [2.45, 2.75) is 20.4 Å². The van der Waals surface area contributed by atoms with Crippen LogP contribution < -0.4 is 5.32 Å². The number of hydrogen-bond acceptors (Lipinski definition) is 3. The second-order valence-electron chi connectivity index (χ2n) is 4.78. The van der Waals surface area contributed by atoms with Gasteiger partial charge in [-0.15, -0.1) is 11.3 Å². The second-order valence-corrected chi connectivity index (χ2v) is 6.57. The van der Waals surface area contributed by atoms with E-state index in [4.69, 9.17) is 0 Å². The van der Waals surface area contributed by atoms with Crippen molar-refractivity contribution in [1.29, 1.82) is 0 Å². The standard InChI is InChI=1S/C14H16BrFN2S/c1-9(2)6-17-7-14-18-13(8-19-14)11-4-3-10(16)5-12(11)15/h3-5,8-9,17H,6-7H2,1-2H3. The Morgan fingerprint density at radius 1 is 1.42 bits per heavy atom. The molecule has 19 heavy (non-hydrogen) atoms. The maximum Gasteiger partial charge on any atom is 0.124 e. The van der Waals surface area contributed by atoms with Gasteiger partial charge in [-0.2, -0.15) is 0 Å². The number of nitrogens with zero attached hydrogens (tertiary/aromatic N) is 1. The molecular weight excluding hydrogens is 327 g/mol. The van der Waals surface area contributed by atoms with E-state index in [2.05, 4.69) is 40.1 Å². The third kappa shape index (κ3) is 4.09. The Labute approximate surface area is 125 Å². The van der Waals surface area contributed by atoms with Gasteiger partial charge >= 0.3 is 0 Å². The van der Waals surface area contributed by atoms with Crippen molar-refractivity contribution in [3.8, 4) is 11.3 Å². The molecule has 0 amide bonds. The van der Waals surface area contributed by atoms with E-state index in [1.165, 1.54) is 12.1 Å². The van der Waals surface area contributed by atoms with Crippen molar-refractivity contribution < 1.29 is 4.39 Å². The number of benzene rings is 1. The van der Waals surface area contributed by atoms with Crippen molar-refractivity contribution in [3.05, 3.63) is 38.9 Å². The molecule has 0 radical (unpaired) electrons. The van der Waals surface area contributed by atoms with Gasteiger partial charge in [-0.1, -0.05) is 13.8 Å². The largest absolute Gasteiger partial charge is 0.310 e. The zero-order chi connectivity index (χ0) is 13.8. The summed E-state index contributed by atoms with van der Waals surface area (Å²) >= 11 is 4.99. The van der Waals surface area contributed by atoms with E-state index in [1.807, 2.05) is 5.38 Å². The van der Waals surface area contributed by atoms with Crippen molar-refractivity contribution >= 4 is 27.3 Å². The summed E-state index contributed by atoms with van der Waals surface area (Å²) in [6.07, 6.45) is 0. The molecule has 0 saturated heterocycles. The van der Waals surface area contributed by atoms with Crippen molar-refractivity contribution in [3.63, 3.8) is 0 Å². The van der Waals surface area contributed by atoms with Crippen LogP contribution in [0.1, 0.15) is 18.9 Å². The summed E-state index contributed by atoms with van der Waals surface area (Å²) < 4.78 is 13.8. The lowest BCUT2D eigenvalue weighted by Gasteiger charge is -2.04. The molecule has 0 aliphatic rings. The lowest BCUT2D eigenvalue weighted by atomic mass is 10.2. The molecule has 0 saturated carbocycles. The minimum Gasteiger partial charge on any atom is -0.310 e. The summed E-state index contributed by atoms with van der Waals surface area (Å²) in [6.45, 7) is 6.11. The molecule has 0 spiro atoms. The Morgan fingerprint density at radius 2 is 2.21 bits per heavy atom. The maximum absolute atomic E-state index is 13.1. The van der Waals surface area contributed by atoms with Gasteiger partial charge in [-0.3, -0.25) is 0 Å². The SMILES string of the molecule is CC(C)CNCc1nc(-c2ccc(F)cc2Br)cs1. The molecule has 0 atom stereocenters. The highest BCUT2D eigenvalue weighted by molar-refractivity contribution is 9.10. The van der Waals surface area contributed by atoms with Crippen LogP contribution in [0.15, 0.2) is 28.1 Å². The monoisotopic (exact) mass is 342 g/mol. The molecule has 1 heterocycles. The summed E-state index contributed by atoms with van der Waals surface area (Å²) in [4.78, 5) is 4.57. The zero-order valence-electron chi connectivity index (χ0n) is 10.9. The number of hydrogen-bond donors (Lipinski definition) is 1. The molecule has 0 aliphatic carbocycles. The molecule has 0 aliphatic heterocycles. The molecule has 1 N–H and O–H groups in total. The van der Waals surface area contributed by atoms with Gasteiger partial charge in [0.1, 0.15) is 10.8 Å². The minimum absolute atomic E-state index is 0.246. The molecule has 0 unspecified atom stereocenters. The van der Waals surface area contributed by atoms with Crippen LogP contribution >= 0.6 is 27.3 Å². The molecule has 0 fully saturated rings. The van der Waals surface area contributed by atoms with Crippen molar-refractivity contribution in [2.24, 2.45) is 5.92 Å². The first-order valence-corrected chi connectivity index (χ1v) is 7.84. The van der Waals surface area contributed by atoms with E-state index in [-0.39, 0.29) is 5.82 Å². The van der Waals surface area contributed by atoms with Crippen LogP contribution in [0.2, 0.25) is 0 Å². The quantitative estimate of drug-likeness (QED) is 0.867. The van der Waals surface area contributed by atoms with Gasteiger partial charge in [-0.05, 0) is 46.6 Å². The predicted molar refractivity (Wildman–Crippen MR) is 81.8 cm³/mol. The average molecular weight is 343 g/mol. The van der Waals surface area contributed by atoms with Crippen molar-refractivity contribution in [2.75, 3.05) is 6.54 Å². The van der Waals surface area contributed by atoms with E-state index in [0.29, 0.717) is 5.92 Å². The number of nitrogens with one attached hydrogen (secondary N) is 1. The molecule has 2 rings (SSSR count). The smallest absolute Gasteiger partial charge is 0.124 e. The number of halogens is 2. The van der Waals surface area contributed by atoms with E-state index in [1.54, 1.807) is 17.4 Å². The fourth-order valence-corrected chi connectivity index (χ4v) is 3.00. The average Bonchev–Trinajstić information content (AvgIpc) is 2.77. The van der Waals surface area contributed by atoms with Gasteiger partial charge < -0.3 is 5.32 Å². The lowest BCUT2D eigenvalue weighted by Crippen LogP contribution is -2.18. The lowest BCUT2D eigenvalue weighted by molar-refractivity contribution is 0.551. The normalized spacial score (nSPS) is 11.2. The third-order valence-corrected chi connectivity index (χ3v) is 4.09. The highest BCUT2D eigenvalue weighted by Crippen LogP contribution is 2.29. The molecule has 102 valence electrons. The summed E-state index contributed by atoms with van der Waals surface area (Å²) in [5.74, 6) is 0.385. The van der Waals surface area contributed by atoms with Gasteiger partial charge in [0.25, 0.3) is 0 Å². The first-order chi connectivity index (χ1) is 9.06. The minimum atomic E-state index is -0.246. The van der Waals surface area contributed by atoms with E-state index in [9.17, 15) is 4.39 Å². The maximum atomic E-state index is 13.1. The topological polar surface area (TPSA) is 24.9 Å². The van der Waals surface area contributed by atoms with E-state index < -0.39 is 0 Å². The van der Waals surface area contributed by atoms with Gasteiger partial charge in [0.05, 0.1) is 5.69 Å².